The zero-order valence-electron chi connectivity index (χ0n) is 15.8. The summed E-state index contributed by atoms with van der Waals surface area (Å²) in [4.78, 5) is 26.7. The van der Waals surface area contributed by atoms with Crippen molar-refractivity contribution in [3.05, 3.63) is 65.1 Å². The number of unbranched alkanes of at least 4 members (excludes halogenated alkanes) is 2. The monoisotopic (exact) mass is 426 g/mol. The third kappa shape index (κ3) is 6.17. The number of thiocarbonyl (C=S) groups is 1. The van der Waals surface area contributed by atoms with Crippen LogP contribution < -0.4 is 5.32 Å². The minimum absolute atomic E-state index is 0.00383. The highest BCUT2D eigenvalue weighted by molar-refractivity contribution is 8.26. The van der Waals surface area contributed by atoms with Crippen LogP contribution in [0.1, 0.15) is 31.2 Å². The van der Waals surface area contributed by atoms with Gasteiger partial charge in [0.15, 0.2) is 0 Å². The van der Waals surface area contributed by atoms with Crippen LogP contribution in [0.25, 0.3) is 6.08 Å². The first kappa shape index (κ1) is 21.1. The van der Waals surface area contributed by atoms with Gasteiger partial charge in [0.25, 0.3) is 5.91 Å². The number of amides is 2. The van der Waals surface area contributed by atoms with Crippen molar-refractivity contribution in [3.8, 4) is 5.75 Å². The second-order valence-corrected chi connectivity index (χ2v) is 8.33. The maximum Gasteiger partial charge on any atom is 0.266 e. The highest BCUT2D eigenvalue weighted by Gasteiger charge is 2.31. The molecule has 1 saturated heterocycles. The smallest absolute Gasteiger partial charge is 0.266 e. The average Bonchev–Trinajstić information content (AvgIpc) is 2.95. The third-order valence-electron chi connectivity index (χ3n) is 4.38. The van der Waals surface area contributed by atoms with Crippen LogP contribution in [0.4, 0.5) is 5.69 Å². The fraction of sp³-hybridized carbons (Fsp3) is 0.227. The van der Waals surface area contributed by atoms with E-state index in [1.165, 1.54) is 11.8 Å². The molecular weight excluding hydrogens is 404 g/mol. The first-order valence-corrected chi connectivity index (χ1v) is 10.6. The number of rotatable bonds is 8. The van der Waals surface area contributed by atoms with Gasteiger partial charge in [-0.2, -0.15) is 0 Å². The molecule has 2 aromatic rings. The Balaban J connectivity index is 1.42. The van der Waals surface area contributed by atoms with Gasteiger partial charge in [0.05, 0.1) is 4.91 Å². The Morgan fingerprint density at radius 1 is 1.10 bits per heavy atom. The highest BCUT2D eigenvalue weighted by Crippen LogP contribution is 2.33. The molecule has 5 nitrogen and oxygen atoms in total. The van der Waals surface area contributed by atoms with E-state index in [2.05, 4.69) is 5.32 Å². The van der Waals surface area contributed by atoms with Crippen LogP contribution in [0.5, 0.6) is 5.75 Å². The van der Waals surface area contributed by atoms with Crippen LogP contribution in [-0.4, -0.2) is 32.7 Å². The standard InChI is InChI=1S/C22H22N2O3S2/c25-18-11-7-8-16(14-18)15-19-21(27)24(22(28)29-19)13-6-2-5-12-20(26)23-17-9-3-1-4-10-17/h1,3-4,7-11,14-15,25H,2,5-6,12-13H2,(H,23,26)/b19-15-. The second kappa shape index (κ2) is 10.2. The van der Waals surface area contributed by atoms with Crippen molar-refractivity contribution >= 4 is 51.9 Å². The van der Waals surface area contributed by atoms with Gasteiger partial charge in [-0.05, 0) is 48.7 Å². The van der Waals surface area contributed by atoms with Crippen LogP contribution in [0.15, 0.2) is 59.5 Å². The van der Waals surface area contributed by atoms with Gasteiger partial charge in [-0.15, -0.1) is 0 Å². The van der Waals surface area contributed by atoms with Crippen LogP contribution >= 0.6 is 24.0 Å². The molecule has 3 rings (SSSR count). The second-order valence-electron chi connectivity index (χ2n) is 6.65. The number of hydrogen-bond acceptors (Lipinski definition) is 5. The average molecular weight is 427 g/mol. The summed E-state index contributed by atoms with van der Waals surface area (Å²) < 4.78 is 0.545. The van der Waals surface area contributed by atoms with Gasteiger partial charge in [-0.1, -0.05) is 60.7 Å². The summed E-state index contributed by atoms with van der Waals surface area (Å²) in [5.74, 6) is 0.0477. The quantitative estimate of drug-likeness (QED) is 0.361. The largest absolute Gasteiger partial charge is 0.508 e. The molecule has 0 unspecified atom stereocenters. The lowest BCUT2D eigenvalue weighted by Crippen LogP contribution is -2.29. The Morgan fingerprint density at radius 3 is 2.66 bits per heavy atom. The number of anilines is 1. The Bertz CT molecular complexity index is 929. The summed E-state index contributed by atoms with van der Waals surface area (Å²) in [6, 6.07) is 16.1. The summed E-state index contributed by atoms with van der Waals surface area (Å²) in [5, 5.41) is 12.4. The minimum Gasteiger partial charge on any atom is -0.508 e. The van der Waals surface area contributed by atoms with E-state index < -0.39 is 0 Å². The maximum absolute atomic E-state index is 12.6. The molecule has 1 aliphatic heterocycles. The summed E-state index contributed by atoms with van der Waals surface area (Å²) in [6.45, 7) is 0.544. The molecule has 2 aromatic carbocycles. The van der Waals surface area contributed by atoms with E-state index in [0.29, 0.717) is 22.2 Å². The number of para-hydroxylation sites is 1. The molecular formula is C22H22N2O3S2. The number of nitrogens with zero attached hydrogens (tertiary/aromatic N) is 1. The Hall–Kier alpha value is -2.64. The van der Waals surface area contributed by atoms with Crippen LogP contribution in [0.2, 0.25) is 0 Å². The molecule has 0 aliphatic carbocycles. The van der Waals surface area contributed by atoms with E-state index >= 15 is 0 Å². The normalized spacial score (nSPS) is 15.2. The molecule has 0 saturated carbocycles. The molecule has 0 aromatic heterocycles. The number of phenolic OH excluding ortho intramolecular Hbond substituents is 1. The number of benzene rings is 2. The fourth-order valence-electron chi connectivity index (χ4n) is 2.94. The minimum atomic E-state index is -0.106. The molecule has 0 radical (unpaired) electrons. The topological polar surface area (TPSA) is 69.6 Å². The molecule has 0 bridgehead atoms. The highest BCUT2D eigenvalue weighted by atomic mass is 32.2. The number of aromatic hydroxyl groups is 1. The molecule has 150 valence electrons. The molecule has 1 heterocycles. The predicted molar refractivity (Wildman–Crippen MR) is 122 cm³/mol. The molecule has 0 atom stereocenters. The SMILES string of the molecule is O=C(CCCCCN1C(=O)/C(=C/c2cccc(O)c2)SC1=S)Nc1ccccc1. The Labute approximate surface area is 179 Å². The lowest BCUT2D eigenvalue weighted by molar-refractivity contribution is -0.122. The Morgan fingerprint density at radius 2 is 1.90 bits per heavy atom. The van der Waals surface area contributed by atoms with Crippen molar-refractivity contribution in [2.75, 3.05) is 11.9 Å². The number of nitrogens with one attached hydrogen (secondary N) is 1. The molecule has 0 spiro atoms. The van der Waals surface area contributed by atoms with Gasteiger partial charge in [0, 0.05) is 18.7 Å². The molecule has 2 N–H and O–H groups in total. The van der Waals surface area contributed by atoms with Crippen molar-refractivity contribution in [1.82, 2.24) is 4.90 Å². The van der Waals surface area contributed by atoms with Gasteiger partial charge in [-0.25, -0.2) is 0 Å². The van der Waals surface area contributed by atoms with Gasteiger partial charge < -0.3 is 10.4 Å². The maximum atomic E-state index is 12.6. The lowest BCUT2D eigenvalue weighted by atomic mass is 10.1. The van der Waals surface area contributed by atoms with Crippen molar-refractivity contribution < 1.29 is 14.7 Å². The van der Waals surface area contributed by atoms with E-state index in [0.717, 1.165) is 30.5 Å². The number of thioether (sulfide) groups is 1. The Kier molecular flexibility index (Phi) is 7.43. The van der Waals surface area contributed by atoms with Gasteiger partial charge in [-0.3, -0.25) is 14.5 Å². The van der Waals surface area contributed by atoms with Gasteiger partial charge in [0.1, 0.15) is 10.1 Å². The fourth-order valence-corrected chi connectivity index (χ4v) is 4.24. The molecule has 2 amide bonds. The lowest BCUT2D eigenvalue weighted by Gasteiger charge is -2.14. The third-order valence-corrected chi connectivity index (χ3v) is 5.76. The van der Waals surface area contributed by atoms with Crippen molar-refractivity contribution in [2.45, 2.75) is 25.7 Å². The van der Waals surface area contributed by atoms with E-state index in [-0.39, 0.29) is 17.6 Å². The molecule has 29 heavy (non-hydrogen) atoms. The van der Waals surface area contributed by atoms with E-state index in [9.17, 15) is 14.7 Å². The summed E-state index contributed by atoms with van der Waals surface area (Å²) in [6.07, 6.45) is 4.57. The van der Waals surface area contributed by atoms with E-state index in [1.807, 2.05) is 36.4 Å². The van der Waals surface area contributed by atoms with Crippen LogP contribution in [0.3, 0.4) is 0 Å². The molecule has 7 heteroatoms. The van der Waals surface area contributed by atoms with Gasteiger partial charge >= 0.3 is 0 Å². The first-order valence-electron chi connectivity index (χ1n) is 9.42. The first-order chi connectivity index (χ1) is 14.0. The molecule has 1 aliphatic rings. The summed E-state index contributed by atoms with van der Waals surface area (Å²) in [7, 11) is 0. The van der Waals surface area contributed by atoms with Crippen LogP contribution in [-0.2, 0) is 9.59 Å². The number of carbonyl (C=O) groups is 2. The number of carbonyl (C=O) groups excluding carboxylic acids is 2. The summed E-state index contributed by atoms with van der Waals surface area (Å²) >= 11 is 6.62. The number of hydrogen-bond donors (Lipinski definition) is 2. The van der Waals surface area contributed by atoms with Crippen molar-refractivity contribution in [1.29, 1.82) is 0 Å². The predicted octanol–water partition coefficient (Wildman–Crippen LogP) is 4.79. The summed E-state index contributed by atoms with van der Waals surface area (Å²) in [5.41, 5.74) is 1.56. The zero-order valence-corrected chi connectivity index (χ0v) is 17.5. The molecule has 1 fully saturated rings. The van der Waals surface area contributed by atoms with Crippen molar-refractivity contribution in [2.24, 2.45) is 0 Å². The zero-order chi connectivity index (χ0) is 20.6. The number of phenols is 1. The van der Waals surface area contributed by atoms with Gasteiger partial charge in [0.2, 0.25) is 5.91 Å². The van der Waals surface area contributed by atoms with Crippen molar-refractivity contribution in [3.63, 3.8) is 0 Å². The van der Waals surface area contributed by atoms with Crippen LogP contribution in [0, 0.1) is 0 Å². The van der Waals surface area contributed by atoms with E-state index in [1.54, 1.807) is 29.2 Å². The van der Waals surface area contributed by atoms with E-state index in [4.69, 9.17) is 12.2 Å².